The van der Waals surface area contributed by atoms with Crippen molar-refractivity contribution >= 4 is 44.8 Å². The molecule has 7 nitrogen and oxygen atoms in total. The van der Waals surface area contributed by atoms with Crippen molar-refractivity contribution in [3.8, 4) is 17.2 Å². The molecule has 2 aromatic carbocycles. The minimum Gasteiger partial charge on any atom is -0.493 e. The standard InChI is InChI=1S/C27H29ClFNO6S/c1-4-34-23(32)7-6-19(31)22-12-17-21(37-22)10-15(2)26(25(17)29)35-8-5-9-36-27-20(33-3)11-16-13-30-14-18(16)24(27)28/h10-12,30H,4-9,13-14H2,1-3H3. The Hall–Kier alpha value is -2.88. The second-order valence-corrected chi connectivity index (χ2v) is 10.1. The third kappa shape index (κ3) is 6.00. The van der Waals surface area contributed by atoms with E-state index in [-0.39, 0.29) is 37.6 Å². The second kappa shape index (κ2) is 12.1. The van der Waals surface area contributed by atoms with E-state index in [2.05, 4.69) is 5.32 Å². The molecule has 0 fully saturated rings. The first-order valence-electron chi connectivity index (χ1n) is 12.1. The van der Waals surface area contributed by atoms with Gasteiger partial charge in [-0.2, -0.15) is 0 Å². The van der Waals surface area contributed by atoms with E-state index in [1.54, 1.807) is 27.0 Å². The zero-order chi connectivity index (χ0) is 26.5. The molecular formula is C27H29ClFNO6S. The van der Waals surface area contributed by atoms with Crippen LogP contribution in [0, 0.1) is 12.7 Å². The van der Waals surface area contributed by atoms with E-state index in [1.807, 2.05) is 6.07 Å². The fourth-order valence-electron chi connectivity index (χ4n) is 4.19. The number of ether oxygens (including phenoxy) is 4. The van der Waals surface area contributed by atoms with Crippen molar-refractivity contribution in [3.63, 3.8) is 0 Å². The zero-order valence-electron chi connectivity index (χ0n) is 21.0. The Bertz CT molecular complexity index is 1320. The predicted octanol–water partition coefficient (Wildman–Crippen LogP) is 5.99. The number of hydrogen-bond donors (Lipinski definition) is 1. The summed E-state index contributed by atoms with van der Waals surface area (Å²) in [4.78, 5) is 24.5. The number of halogens is 2. The molecule has 0 unspecified atom stereocenters. The number of fused-ring (bicyclic) bond motifs is 2. The highest BCUT2D eigenvalue weighted by atomic mass is 35.5. The van der Waals surface area contributed by atoms with Crippen LogP contribution in [0.25, 0.3) is 10.1 Å². The molecule has 1 N–H and O–H groups in total. The Balaban J connectivity index is 1.37. The van der Waals surface area contributed by atoms with Gasteiger partial charge in [-0.1, -0.05) is 11.6 Å². The van der Waals surface area contributed by atoms with E-state index in [0.717, 1.165) is 17.7 Å². The van der Waals surface area contributed by atoms with Gasteiger partial charge in [0.15, 0.2) is 28.8 Å². The molecule has 4 rings (SSSR count). The Morgan fingerprint density at radius 3 is 2.59 bits per heavy atom. The summed E-state index contributed by atoms with van der Waals surface area (Å²) in [6.07, 6.45) is 0.510. The van der Waals surface area contributed by atoms with Crippen LogP contribution in [0.4, 0.5) is 4.39 Å². The minimum atomic E-state index is -0.507. The summed E-state index contributed by atoms with van der Waals surface area (Å²) in [5.41, 5.74) is 2.74. The van der Waals surface area contributed by atoms with Gasteiger partial charge in [0, 0.05) is 36.0 Å². The summed E-state index contributed by atoms with van der Waals surface area (Å²) in [5.74, 6) is 0.0667. The molecule has 0 bridgehead atoms. The van der Waals surface area contributed by atoms with Gasteiger partial charge in [0.05, 0.1) is 43.3 Å². The first-order chi connectivity index (χ1) is 17.8. The zero-order valence-corrected chi connectivity index (χ0v) is 22.6. The fraction of sp³-hybridized carbons (Fsp3) is 0.407. The molecule has 37 heavy (non-hydrogen) atoms. The van der Waals surface area contributed by atoms with E-state index in [4.69, 9.17) is 30.5 Å². The van der Waals surface area contributed by atoms with Crippen LogP contribution in [0.3, 0.4) is 0 Å². The van der Waals surface area contributed by atoms with Gasteiger partial charge in [-0.05, 0) is 48.7 Å². The first-order valence-corrected chi connectivity index (χ1v) is 13.3. The van der Waals surface area contributed by atoms with Crippen molar-refractivity contribution in [2.24, 2.45) is 0 Å². The number of esters is 1. The van der Waals surface area contributed by atoms with Gasteiger partial charge in [0.1, 0.15) is 0 Å². The molecule has 0 saturated carbocycles. The van der Waals surface area contributed by atoms with Gasteiger partial charge in [0.25, 0.3) is 0 Å². The van der Waals surface area contributed by atoms with Crippen LogP contribution >= 0.6 is 22.9 Å². The molecule has 0 atom stereocenters. The lowest BCUT2D eigenvalue weighted by Crippen LogP contribution is -2.08. The number of methoxy groups -OCH3 is 1. The highest BCUT2D eigenvalue weighted by Crippen LogP contribution is 2.41. The smallest absolute Gasteiger partial charge is 0.306 e. The summed E-state index contributed by atoms with van der Waals surface area (Å²) in [6.45, 7) is 5.70. The molecule has 198 valence electrons. The molecule has 3 aromatic rings. The fourth-order valence-corrected chi connectivity index (χ4v) is 5.65. The second-order valence-electron chi connectivity index (χ2n) is 8.60. The van der Waals surface area contributed by atoms with E-state index in [0.29, 0.717) is 56.6 Å². The van der Waals surface area contributed by atoms with Crippen LogP contribution in [0.5, 0.6) is 17.2 Å². The van der Waals surface area contributed by atoms with Gasteiger partial charge >= 0.3 is 5.97 Å². The van der Waals surface area contributed by atoms with Gasteiger partial charge in [0.2, 0.25) is 0 Å². The lowest BCUT2D eigenvalue weighted by molar-refractivity contribution is -0.143. The molecule has 1 aliphatic heterocycles. The monoisotopic (exact) mass is 549 g/mol. The molecule has 0 saturated heterocycles. The Morgan fingerprint density at radius 1 is 1.11 bits per heavy atom. The molecule has 0 spiro atoms. The summed E-state index contributed by atoms with van der Waals surface area (Å²) in [6, 6.07) is 5.26. The Kier molecular flexibility index (Phi) is 8.89. The maximum atomic E-state index is 15.3. The van der Waals surface area contributed by atoms with E-state index >= 15 is 4.39 Å². The van der Waals surface area contributed by atoms with E-state index in [9.17, 15) is 9.59 Å². The SMILES string of the molecule is CCOC(=O)CCC(=O)c1cc2c(F)c(OCCCOc3c(OC)cc4c(c3Cl)CNC4)c(C)cc2s1. The molecule has 0 amide bonds. The average Bonchev–Trinajstić information content (AvgIpc) is 3.52. The van der Waals surface area contributed by atoms with Crippen molar-refractivity contribution in [2.75, 3.05) is 26.9 Å². The lowest BCUT2D eigenvalue weighted by Gasteiger charge is -2.16. The third-order valence-electron chi connectivity index (χ3n) is 6.04. The number of hydrogen-bond acceptors (Lipinski definition) is 8. The molecule has 1 aliphatic rings. The number of benzene rings is 2. The number of ketones is 1. The van der Waals surface area contributed by atoms with Crippen LogP contribution in [0.1, 0.15) is 52.5 Å². The van der Waals surface area contributed by atoms with Crippen LogP contribution in [0.2, 0.25) is 5.02 Å². The number of Topliss-reactive ketones (excluding diaryl/α,β-unsaturated/α-hetero) is 1. The maximum Gasteiger partial charge on any atom is 0.306 e. The Labute approximate surface area is 223 Å². The molecule has 0 aliphatic carbocycles. The molecular weight excluding hydrogens is 521 g/mol. The minimum absolute atomic E-state index is 0.00169. The number of rotatable bonds is 12. The van der Waals surface area contributed by atoms with Crippen molar-refractivity contribution in [1.82, 2.24) is 5.32 Å². The Morgan fingerprint density at radius 2 is 1.86 bits per heavy atom. The summed E-state index contributed by atoms with van der Waals surface area (Å²) >= 11 is 7.75. The van der Waals surface area contributed by atoms with Crippen molar-refractivity contribution in [3.05, 3.63) is 50.6 Å². The van der Waals surface area contributed by atoms with Gasteiger partial charge < -0.3 is 24.3 Å². The van der Waals surface area contributed by atoms with E-state index < -0.39 is 11.8 Å². The van der Waals surface area contributed by atoms with Gasteiger partial charge in [-0.3, -0.25) is 9.59 Å². The van der Waals surface area contributed by atoms with Crippen LogP contribution in [-0.4, -0.2) is 38.7 Å². The van der Waals surface area contributed by atoms with Gasteiger partial charge in [-0.25, -0.2) is 4.39 Å². The average molecular weight is 550 g/mol. The number of carbonyl (C=O) groups is 2. The lowest BCUT2D eigenvalue weighted by atomic mass is 10.1. The topological polar surface area (TPSA) is 83.1 Å². The number of aryl methyl sites for hydroxylation is 1. The highest BCUT2D eigenvalue weighted by molar-refractivity contribution is 7.20. The summed E-state index contributed by atoms with van der Waals surface area (Å²) in [7, 11) is 1.57. The van der Waals surface area contributed by atoms with Crippen LogP contribution in [0.15, 0.2) is 18.2 Å². The molecule has 10 heteroatoms. The highest BCUT2D eigenvalue weighted by Gasteiger charge is 2.22. The largest absolute Gasteiger partial charge is 0.493 e. The van der Waals surface area contributed by atoms with E-state index in [1.165, 1.54) is 17.4 Å². The number of carbonyl (C=O) groups excluding carboxylic acids is 2. The quantitative estimate of drug-likeness (QED) is 0.169. The van der Waals surface area contributed by atoms with Crippen LogP contribution < -0.4 is 19.5 Å². The van der Waals surface area contributed by atoms with Crippen molar-refractivity contribution in [2.45, 2.75) is 46.2 Å². The third-order valence-corrected chi connectivity index (χ3v) is 7.56. The maximum absolute atomic E-state index is 15.3. The normalized spacial score (nSPS) is 12.5. The molecule has 2 heterocycles. The summed E-state index contributed by atoms with van der Waals surface area (Å²) in [5, 5.41) is 4.12. The van der Waals surface area contributed by atoms with Crippen molar-refractivity contribution in [1.29, 1.82) is 0 Å². The van der Waals surface area contributed by atoms with Crippen molar-refractivity contribution < 1.29 is 32.9 Å². The number of thiophene rings is 1. The molecule has 1 aromatic heterocycles. The summed E-state index contributed by atoms with van der Waals surface area (Å²) < 4.78 is 37.9. The first kappa shape index (κ1) is 27.2. The van der Waals surface area contributed by atoms with Crippen LogP contribution in [-0.2, 0) is 22.6 Å². The number of nitrogens with one attached hydrogen (secondary N) is 1. The predicted molar refractivity (Wildman–Crippen MR) is 141 cm³/mol. The van der Waals surface area contributed by atoms with Gasteiger partial charge in [-0.15, -0.1) is 11.3 Å². The molecule has 0 radical (unpaired) electrons.